The molecule has 1 saturated heterocycles. The van der Waals surface area contributed by atoms with Crippen LogP contribution in [0.25, 0.3) is 10.9 Å². The summed E-state index contributed by atoms with van der Waals surface area (Å²) in [5, 5.41) is 1.24. The van der Waals surface area contributed by atoms with Crippen LogP contribution in [-0.4, -0.2) is 38.0 Å². The molecule has 1 atom stereocenters. The molecule has 4 rings (SSSR count). The van der Waals surface area contributed by atoms with Crippen LogP contribution >= 0.6 is 0 Å². The van der Waals surface area contributed by atoms with Crippen molar-refractivity contribution in [3.63, 3.8) is 0 Å². The molecule has 1 fully saturated rings. The second-order valence-corrected chi connectivity index (χ2v) is 7.50. The highest BCUT2D eigenvalue weighted by atomic mass is 16.2. The summed E-state index contributed by atoms with van der Waals surface area (Å²) in [5.74, 6) is 1.74. The molecule has 0 radical (unpaired) electrons. The normalized spacial score (nSPS) is 17.6. The average Bonchev–Trinajstić information content (AvgIpc) is 3.30. The summed E-state index contributed by atoms with van der Waals surface area (Å²) in [7, 11) is 0. The van der Waals surface area contributed by atoms with Crippen LogP contribution in [0.5, 0.6) is 0 Å². The van der Waals surface area contributed by atoms with Crippen molar-refractivity contribution >= 4 is 16.8 Å². The molecule has 2 aromatic heterocycles. The van der Waals surface area contributed by atoms with Gasteiger partial charge in [0.15, 0.2) is 0 Å². The lowest BCUT2D eigenvalue weighted by atomic mass is 9.97. The fourth-order valence-corrected chi connectivity index (χ4v) is 4.37. The molecule has 0 unspecified atom stereocenters. The third kappa shape index (κ3) is 3.51. The summed E-state index contributed by atoms with van der Waals surface area (Å²) in [6.07, 6.45) is 6.63. The number of aromatic nitrogens is 3. The van der Waals surface area contributed by atoms with E-state index in [4.69, 9.17) is 0 Å². The van der Waals surface area contributed by atoms with Crippen molar-refractivity contribution in [2.24, 2.45) is 0 Å². The number of aryl methyl sites for hydroxylation is 3. The number of para-hydroxylation sites is 1. The van der Waals surface area contributed by atoms with E-state index in [1.54, 1.807) is 0 Å². The number of amides is 1. The third-order valence-electron chi connectivity index (χ3n) is 5.79. The van der Waals surface area contributed by atoms with E-state index in [9.17, 15) is 4.79 Å². The van der Waals surface area contributed by atoms with E-state index in [1.807, 2.05) is 17.3 Å². The van der Waals surface area contributed by atoms with Gasteiger partial charge in [0, 0.05) is 62.1 Å². The molecule has 0 saturated carbocycles. The van der Waals surface area contributed by atoms with Crippen LogP contribution in [0, 0.1) is 6.92 Å². The van der Waals surface area contributed by atoms with Crippen LogP contribution in [0.1, 0.15) is 43.6 Å². The molecule has 1 amide bonds. The quantitative estimate of drug-likeness (QED) is 0.688. The molecule has 5 nitrogen and oxygen atoms in total. The Morgan fingerprint density at radius 2 is 2.15 bits per heavy atom. The van der Waals surface area contributed by atoms with Crippen molar-refractivity contribution in [1.82, 2.24) is 19.0 Å². The van der Waals surface area contributed by atoms with Crippen LogP contribution in [0.3, 0.4) is 0 Å². The van der Waals surface area contributed by atoms with E-state index >= 15 is 0 Å². The number of nitrogens with zero attached hydrogens (tertiary/aromatic N) is 4. The lowest BCUT2D eigenvalue weighted by Crippen LogP contribution is -2.40. The number of piperidine rings is 1. The van der Waals surface area contributed by atoms with Crippen LogP contribution in [0.2, 0.25) is 0 Å². The van der Waals surface area contributed by atoms with Gasteiger partial charge in [-0.2, -0.15) is 0 Å². The maximum absolute atomic E-state index is 12.9. The van der Waals surface area contributed by atoms with Gasteiger partial charge >= 0.3 is 0 Å². The Hall–Kier alpha value is -2.56. The van der Waals surface area contributed by atoms with Gasteiger partial charge in [0.2, 0.25) is 5.91 Å². The predicted octanol–water partition coefficient (Wildman–Crippen LogP) is 3.96. The van der Waals surface area contributed by atoms with Gasteiger partial charge in [-0.15, -0.1) is 0 Å². The van der Waals surface area contributed by atoms with Gasteiger partial charge in [-0.05, 0) is 44.2 Å². The van der Waals surface area contributed by atoms with Crippen LogP contribution < -0.4 is 0 Å². The SMILES string of the molecule is CCn1ccnc1[C@H]1CCCN(C(=O)CCn2c(C)cc3ccccc32)C1. The number of rotatable bonds is 5. The van der Waals surface area contributed by atoms with E-state index in [-0.39, 0.29) is 5.91 Å². The molecule has 0 spiro atoms. The van der Waals surface area contributed by atoms with Crippen molar-refractivity contribution in [1.29, 1.82) is 0 Å². The minimum atomic E-state index is 0.256. The van der Waals surface area contributed by atoms with Gasteiger partial charge in [-0.1, -0.05) is 18.2 Å². The summed E-state index contributed by atoms with van der Waals surface area (Å²) in [6, 6.07) is 10.6. The van der Waals surface area contributed by atoms with Gasteiger partial charge in [-0.25, -0.2) is 4.98 Å². The molecule has 3 aromatic rings. The number of hydrogen-bond donors (Lipinski definition) is 0. The van der Waals surface area contributed by atoms with E-state index in [0.29, 0.717) is 12.3 Å². The number of hydrogen-bond acceptors (Lipinski definition) is 2. The first-order valence-electron chi connectivity index (χ1n) is 10.0. The predicted molar refractivity (Wildman–Crippen MR) is 108 cm³/mol. The van der Waals surface area contributed by atoms with E-state index < -0.39 is 0 Å². The minimum absolute atomic E-state index is 0.256. The van der Waals surface area contributed by atoms with Gasteiger partial charge < -0.3 is 14.0 Å². The number of likely N-dealkylation sites (tertiary alicyclic amines) is 1. The lowest BCUT2D eigenvalue weighted by molar-refractivity contribution is -0.132. The molecule has 0 aliphatic carbocycles. The van der Waals surface area contributed by atoms with Crippen molar-refractivity contribution in [2.75, 3.05) is 13.1 Å². The maximum Gasteiger partial charge on any atom is 0.224 e. The number of benzene rings is 1. The number of imidazole rings is 1. The standard InChI is InChI=1S/C22H28N4O/c1-3-24-14-11-23-22(24)19-8-6-12-25(16-19)21(27)10-13-26-17(2)15-18-7-4-5-9-20(18)26/h4-5,7,9,11,14-15,19H,3,6,8,10,12-13,16H2,1-2H3/t19-/m0/s1. The Bertz CT molecular complexity index is 939. The first-order chi connectivity index (χ1) is 13.2. The number of carbonyl (C=O) groups excluding carboxylic acids is 1. The molecule has 142 valence electrons. The van der Waals surface area contributed by atoms with Gasteiger partial charge in [0.25, 0.3) is 0 Å². The highest BCUT2D eigenvalue weighted by Gasteiger charge is 2.27. The minimum Gasteiger partial charge on any atom is -0.344 e. The topological polar surface area (TPSA) is 43.1 Å². The summed E-state index contributed by atoms with van der Waals surface area (Å²) < 4.78 is 4.46. The molecule has 0 bridgehead atoms. The summed E-state index contributed by atoms with van der Waals surface area (Å²) in [5.41, 5.74) is 2.43. The maximum atomic E-state index is 12.9. The summed E-state index contributed by atoms with van der Waals surface area (Å²) in [6.45, 7) is 7.59. The fourth-order valence-electron chi connectivity index (χ4n) is 4.37. The van der Waals surface area contributed by atoms with Crippen LogP contribution in [0.15, 0.2) is 42.7 Å². The van der Waals surface area contributed by atoms with Gasteiger partial charge in [0.1, 0.15) is 5.82 Å². The number of carbonyl (C=O) groups is 1. The second kappa shape index (κ2) is 7.59. The third-order valence-corrected chi connectivity index (χ3v) is 5.79. The molecule has 0 N–H and O–H groups in total. The Labute approximate surface area is 160 Å². The fraction of sp³-hybridized carbons (Fsp3) is 0.455. The van der Waals surface area contributed by atoms with Gasteiger partial charge in [0.05, 0.1) is 0 Å². The molecule has 3 heterocycles. The first kappa shape index (κ1) is 17.8. The Balaban J connectivity index is 1.43. The molecular formula is C22H28N4O. The molecule has 27 heavy (non-hydrogen) atoms. The lowest BCUT2D eigenvalue weighted by Gasteiger charge is -2.33. The van der Waals surface area contributed by atoms with Crippen molar-refractivity contribution in [2.45, 2.75) is 52.1 Å². The molecule has 1 aliphatic rings. The summed E-state index contributed by atoms with van der Waals surface area (Å²) >= 11 is 0. The van der Waals surface area contributed by atoms with Crippen molar-refractivity contribution < 1.29 is 4.79 Å². The molecule has 5 heteroatoms. The second-order valence-electron chi connectivity index (χ2n) is 7.50. The smallest absolute Gasteiger partial charge is 0.224 e. The van der Waals surface area contributed by atoms with E-state index in [1.165, 1.54) is 16.6 Å². The zero-order chi connectivity index (χ0) is 18.8. The average molecular weight is 364 g/mol. The molecule has 1 aromatic carbocycles. The van der Waals surface area contributed by atoms with Crippen molar-refractivity contribution in [3.05, 3.63) is 54.2 Å². The number of fused-ring (bicyclic) bond motifs is 1. The Morgan fingerprint density at radius 1 is 1.30 bits per heavy atom. The zero-order valence-electron chi connectivity index (χ0n) is 16.3. The Morgan fingerprint density at radius 3 is 3.00 bits per heavy atom. The van der Waals surface area contributed by atoms with Crippen molar-refractivity contribution in [3.8, 4) is 0 Å². The van der Waals surface area contributed by atoms with E-state index in [0.717, 1.165) is 44.8 Å². The highest BCUT2D eigenvalue weighted by molar-refractivity contribution is 5.82. The molecule has 1 aliphatic heterocycles. The summed E-state index contributed by atoms with van der Waals surface area (Å²) in [4.78, 5) is 19.5. The van der Waals surface area contributed by atoms with E-state index in [2.05, 4.69) is 58.3 Å². The van der Waals surface area contributed by atoms with Crippen LogP contribution in [0.4, 0.5) is 0 Å². The highest BCUT2D eigenvalue weighted by Crippen LogP contribution is 2.26. The Kier molecular flexibility index (Phi) is 5.01. The first-order valence-corrected chi connectivity index (χ1v) is 10.0. The largest absolute Gasteiger partial charge is 0.344 e. The van der Waals surface area contributed by atoms with Crippen LogP contribution in [-0.2, 0) is 17.9 Å². The zero-order valence-corrected chi connectivity index (χ0v) is 16.3. The molecular weight excluding hydrogens is 336 g/mol. The monoisotopic (exact) mass is 364 g/mol. The van der Waals surface area contributed by atoms with Gasteiger partial charge in [-0.3, -0.25) is 4.79 Å².